The molecular formula is C16H31NO5Si. The second kappa shape index (κ2) is 7.79. The van der Waals surface area contributed by atoms with Crippen molar-refractivity contribution in [3.8, 4) is 0 Å². The molecule has 0 spiro atoms. The van der Waals surface area contributed by atoms with Crippen molar-refractivity contribution < 1.29 is 23.4 Å². The van der Waals surface area contributed by atoms with Crippen LogP contribution in [0.25, 0.3) is 0 Å². The lowest BCUT2D eigenvalue weighted by molar-refractivity contribution is -0.221. The van der Waals surface area contributed by atoms with Crippen molar-refractivity contribution in [2.24, 2.45) is 5.73 Å². The predicted octanol–water partition coefficient (Wildman–Crippen LogP) is 3.18. The van der Waals surface area contributed by atoms with Crippen LogP contribution in [-0.4, -0.2) is 45.6 Å². The van der Waals surface area contributed by atoms with E-state index in [-0.39, 0.29) is 17.2 Å². The Kier molecular flexibility index (Phi) is 6.82. The molecule has 0 aromatic carbocycles. The van der Waals surface area contributed by atoms with Crippen molar-refractivity contribution >= 4 is 14.4 Å². The average molecular weight is 346 g/mol. The topological polar surface area (TPSA) is 80.0 Å². The largest absolute Gasteiger partial charge is 0.437 e. The molecule has 0 saturated carbocycles. The van der Waals surface area contributed by atoms with Gasteiger partial charge in [-0.25, -0.2) is 4.79 Å². The van der Waals surface area contributed by atoms with Gasteiger partial charge >= 0.3 is 6.09 Å². The van der Waals surface area contributed by atoms with Gasteiger partial charge in [0.05, 0.1) is 12.7 Å². The third-order valence-corrected chi connectivity index (χ3v) is 8.67. The molecule has 1 aliphatic heterocycles. The minimum Gasteiger partial charge on any atom is -0.437 e. The van der Waals surface area contributed by atoms with Crippen LogP contribution in [0.3, 0.4) is 0 Å². The van der Waals surface area contributed by atoms with Crippen LogP contribution in [0.15, 0.2) is 12.2 Å². The molecule has 3 atom stereocenters. The van der Waals surface area contributed by atoms with E-state index in [0.717, 1.165) is 0 Å². The first-order valence-corrected chi connectivity index (χ1v) is 10.9. The van der Waals surface area contributed by atoms with Gasteiger partial charge in [-0.05, 0) is 38.1 Å². The van der Waals surface area contributed by atoms with Gasteiger partial charge in [-0.2, -0.15) is 0 Å². The summed E-state index contributed by atoms with van der Waals surface area (Å²) in [7, 11) is -1.85. The number of amides is 1. The van der Waals surface area contributed by atoms with Crippen LogP contribution >= 0.6 is 0 Å². The maximum absolute atomic E-state index is 11.0. The summed E-state index contributed by atoms with van der Waals surface area (Å²) in [6.45, 7) is 15.2. The first-order chi connectivity index (χ1) is 10.4. The van der Waals surface area contributed by atoms with Crippen molar-refractivity contribution in [2.75, 3.05) is 6.61 Å². The van der Waals surface area contributed by atoms with Crippen LogP contribution in [0, 0.1) is 0 Å². The van der Waals surface area contributed by atoms with E-state index in [9.17, 15) is 4.79 Å². The summed E-state index contributed by atoms with van der Waals surface area (Å²) in [4.78, 5) is 11.0. The molecule has 1 rings (SSSR count). The molecule has 0 aliphatic carbocycles. The number of ether oxygens (including phenoxy) is 3. The molecule has 0 bridgehead atoms. The molecule has 6 nitrogen and oxygen atoms in total. The minimum absolute atomic E-state index is 0.0626. The lowest BCUT2D eigenvalue weighted by atomic mass is 10.2. The van der Waals surface area contributed by atoms with Crippen molar-refractivity contribution in [2.45, 2.75) is 77.4 Å². The zero-order chi connectivity index (χ0) is 17.8. The molecule has 0 aromatic heterocycles. The number of hydrogen-bond donors (Lipinski definition) is 1. The van der Waals surface area contributed by atoms with E-state index in [1.54, 1.807) is 6.08 Å². The highest BCUT2D eigenvalue weighted by Gasteiger charge is 2.38. The van der Waals surface area contributed by atoms with Gasteiger partial charge in [-0.3, -0.25) is 0 Å². The second-order valence-corrected chi connectivity index (χ2v) is 12.4. The van der Waals surface area contributed by atoms with Crippen molar-refractivity contribution in [1.82, 2.24) is 0 Å². The van der Waals surface area contributed by atoms with Gasteiger partial charge in [-0.15, -0.1) is 0 Å². The standard InChI is InChI=1S/C16H31NO5Si/c1-11(2)20-14-13(22-15(17)18)9-8-12(21-14)10-19-23(6,7)16(3,4)5/h8-9,11-14H,10H2,1-7H3,(H2,17,18)/t12-,13+,14-/m0/s1. The van der Waals surface area contributed by atoms with Crippen LogP contribution in [0.1, 0.15) is 34.6 Å². The molecule has 23 heavy (non-hydrogen) atoms. The zero-order valence-corrected chi connectivity index (χ0v) is 16.3. The zero-order valence-electron chi connectivity index (χ0n) is 15.3. The Bertz CT molecular complexity index is 431. The fourth-order valence-electron chi connectivity index (χ4n) is 1.83. The van der Waals surface area contributed by atoms with Gasteiger partial charge < -0.3 is 24.4 Å². The molecule has 0 fully saturated rings. The second-order valence-electron chi connectivity index (χ2n) is 7.59. The van der Waals surface area contributed by atoms with E-state index in [2.05, 4.69) is 33.9 Å². The summed E-state index contributed by atoms with van der Waals surface area (Å²) < 4.78 is 22.8. The van der Waals surface area contributed by atoms with Crippen LogP contribution in [-0.2, 0) is 18.6 Å². The van der Waals surface area contributed by atoms with Gasteiger partial charge in [-0.1, -0.05) is 26.8 Å². The molecule has 1 heterocycles. The number of carbonyl (C=O) groups is 1. The highest BCUT2D eigenvalue weighted by Crippen LogP contribution is 2.36. The number of hydrogen-bond acceptors (Lipinski definition) is 5. The Morgan fingerprint density at radius 1 is 1.30 bits per heavy atom. The summed E-state index contributed by atoms with van der Waals surface area (Å²) in [5.74, 6) is 0. The summed E-state index contributed by atoms with van der Waals surface area (Å²) in [6.07, 6.45) is 1.12. The van der Waals surface area contributed by atoms with E-state index in [4.69, 9.17) is 24.4 Å². The third-order valence-electron chi connectivity index (χ3n) is 4.17. The maximum Gasteiger partial charge on any atom is 0.405 e. The normalized spacial score (nSPS) is 25.7. The Hall–Kier alpha value is -0.893. The van der Waals surface area contributed by atoms with Gasteiger partial charge in [0.25, 0.3) is 0 Å². The fraction of sp³-hybridized carbons (Fsp3) is 0.812. The highest BCUT2D eigenvalue weighted by atomic mass is 28.4. The van der Waals surface area contributed by atoms with Crippen LogP contribution in [0.5, 0.6) is 0 Å². The Morgan fingerprint density at radius 2 is 1.91 bits per heavy atom. The number of primary amides is 1. The van der Waals surface area contributed by atoms with E-state index in [0.29, 0.717) is 6.61 Å². The SMILES string of the molecule is CC(C)O[C@H]1O[C@H](CO[Si](C)(C)C(C)(C)C)C=C[C@H]1OC(N)=O. The number of nitrogens with two attached hydrogens (primary N) is 1. The molecule has 7 heteroatoms. The van der Waals surface area contributed by atoms with E-state index in [1.807, 2.05) is 19.9 Å². The summed E-state index contributed by atoms with van der Waals surface area (Å²) in [5.41, 5.74) is 5.09. The van der Waals surface area contributed by atoms with E-state index in [1.165, 1.54) is 0 Å². The molecule has 0 saturated heterocycles. The lowest BCUT2D eigenvalue weighted by Gasteiger charge is -2.38. The van der Waals surface area contributed by atoms with Gasteiger partial charge in [0.1, 0.15) is 6.10 Å². The van der Waals surface area contributed by atoms with Crippen molar-refractivity contribution in [3.63, 3.8) is 0 Å². The van der Waals surface area contributed by atoms with Gasteiger partial charge in [0, 0.05) is 0 Å². The van der Waals surface area contributed by atoms with Crippen LogP contribution in [0.4, 0.5) is 4.79 Å². The quantitative estimate of drug-likeness (QED) is 0.591. The Labute approximate surface area is 140 Å². The smallest absolute Gasteiger partial charge is 0.405 e. The molecule has 0 aromatic rings. The van der Waals surface area contributed by atoms with Crippen LogP contribution in [0.2, 0.25) is 18.1 Å². The summed E-state index contributed by atoms with van der Waals surface area (Å²) >= 11 is 0. The monoisotopic (exact) mass is 345 g/mol. The molecule has 1 amide bonds. The van der Waals surface area contributed by atoms with Crippen LogP contribution < -0.4 is 5.73 Å². The maximum atomic E-state index is 11.0. The molecular weight excluding hydrogens is 314 g/mol. The predicted molar refractivity (Wildman–Crippen MR) is 91.6 cm³/mol. The fourth-order valence-corrected chi connectivity index (χ4v) is 2.84. The number of carbonyl (C=O) groups excluding carboxylic acids is 1. The van der Waals surface area contributed by atoms with E-state index >= 15 is 0 Å². The first kappa shape index (κ1) is 20.2. The number of rotatable bonds is 6. The lowest BCUT2D eigenvalue weighted by Crippen LogP contribution is -2.46. The summed E-state index contributed by atoms with van der Waals surface area (Å²) in [6, 6.07) is 0. The summed E-state index contributed by atoms with van der Waals surface area (Å²) in [5, 5.41) is 0.136. The third kappa shape index (κ3) is 6.25. The average Bonchev–Trinajstić information content (AvgIpc) is 2.36. The van der Waals surface area contributed by atoms with Crippen molar-refractivity contribution in [1.29, 1.82) is 0 Å². The molecule has 0 radical (unpaired) electrons. The minimum atomic E-state index is -1.85. The first-order valence-electron chi connectivity index (χ1n) is 8.01. The molecule has 1 aliphatic rings. The van der Waals surface area contributed by atoms with Gasteiger partial charge in [0.15, 0.2) is 20.7 Å². The van der Waals surface area contributed by atoms with Crippen molar-refractivity contribution in [3.05, 3.63) is 12.2 Å². The van der Waals surface area contributed by atoms with E-state index < -0.39 is 26.8 Å². The van der Waals surface area contributed by atoms with Gasteiger partial charge in [0.2, 0.25) is 0 Å². The highest BCUT2D eigenvalue weighted by molar-refractivity contribution is 6.74. The Balaban J connectivity index is 2.70. The molecule has 2 N–H and O–H groups in total. The molecule has 0 unspecified atom stereocenters. The Morgan fingerprint density at radius 3 is 2.39 bits per heavy atom. The molecule has 134 valence electrons.